The SMILES string of the molecule is CCC(CC)n1c(C2CCCCC2)nc(O)cc1=O. The van der Waals surface area contributed by atoms with Crippen LogP contribution in [-0.4, -0.2) is 14.7 Å². The Morgan fingerprint density at radius 2 is 1.95 bits per heavy atom. The van der Waals surface area contributed by atoms with Crippen LogP contribution in [0.25, 0.3) is 0 Å². The third-order valence-electron chi connectivity index (χ3n) is 4.24. The highest BCUT2D eigenvalue weighted by atomic mass is 16.3. The standard InChI is InChI=1S/C15H24N2O2/c1-3-12(4-2)17-14(19)10-13(18)16-15(17)11-8-6-5-7-9-11/h10-12,18H,3-9H2,1-2H3. The molecule has 0 spiro atoms. The third kappa shape index (κ3) is 2.99. The zero-order valence-electron chi connectivity index (χ0n) is 11.9. The molecule has 2 rings (SSSR count). The van der Waals surface area contributed by atoms with Gasteiger partial charge in [0.05, 0.1) is 6.07 Å². The van der Waals surface area contributed by atoms with Gasteiger partial charge in [-0.15, -0.1) is 0 Å². The number of rotatable bonds is 4. The van der Waals surface area contributed by atoms with E-state index in [-0.39, 0.29) is 17.5 Å². The second-order valence-corrected chi connectivity index (χ2v) is 5.49. The van der Waals surface area contributed by atoms with Gasteiger partial charge in [0.15, 0.2) is 0 Å². The van der Waals surface area contributed by atoms with Crippen LogP contribution in [0.15, 0.2) is 10.9 Å². The Morgan fingerprint density at radius 1 is 1.32 bits per heavy atom. The molecule has 1 saturated carbocycles. The molecule has 0 atom stereocenters. The number of nitrogens with zero attached hydrogens (tertiary/aromatic N) is 2. The van der Waals surface area contributed by atoms with E-state index in [4.69, 9.17) is 0 Å². The Kier molecular flexibility index (Phi) is 4.61. The molecule has 0 radical (unpaired) electrons. The molecule has 0 saturated heterocycles. The summed E-state index contributed by atoms with van der Waals surface area (Å²) in [6.07, 6.45) is 7.65. The van der Waals surface area contributed by atoms with E-state index in [2.05, 4.69) is 18.8 Å². The van der Waals surface area contributed by atoms with Gasteiger partial charge in [-0.1, -0.05) is 33.1 Å². The second kappa shape index (κ2) is 6.22. The van der Waals surface area contributed by atoms with Gasteiger partial charge in [0, 0.05) is 12.0 Å². The van der Waals surface area contributed by atoms with Crippen LogP contribution >= 0.6 is 0 Å². The van der Waals surface area contributed by atoms with Gasteiger partial charge in [0.25, 0.3) is 5.56 Å². The molecule has 0 aromatic carbocycles. The molecule has 0 unspecified atom stereocenters. The van der Waals surface area contributed by atoms with E-state index in [1.807, 2.05) is 4.57 Å². The molecule has 0 bridgehead atoms. The van der Waals surface area contributed by atoms with E-state index in [1.165, 1.54) is 25.3 Å². The lowest BCUT2D eigenvalue weighted by molar-refractivity contribution is 0.357. The average Bonchev–Trinajstić information content (AvgIpc) is 2.42. The number of hydrogen-bond acceptors (Lipinski definition) is 3. The summed E-state index contributed by atoms with van der Waals surface area (Å²) in [5, 5.41) is 9.65. The average molecular weight is 264 g/mol. The highest BCUT2D eigenvalue weighted by molar-refractivity contribution is 5.13. The molecular formula is C15H24N2O2. The van der Waals surface area contributed by atoms with Crippen molar-refractivity contribution in [2.45, 2.75) is 70.8 Å². The zero-order valence-corrected chi connectivity index (χ0v) is 11.9. The summed E-state index contributed by atoms with van der Waals surface area (Å²) in [7, 11) is 0. The number of hydrogen-bond donors (Lipinski definition) is 1. The van der Waals surface area contributed by atoms with Crippen LogP contribution in [0.1, 0.15) is 76.6 Å². The van der Waals surface area contributed by atoms with Crippen LogP contribution in [0.3, 0.4) is 0 Å². The van der Waals surface area contributed by atoms with Gasteiger partial charge in [-0.05, 0) is 25.7 Å². The number of aromatic hydroxyl groups is 1. The Labute approximate surface area is 114 Å². The quantitative estimate of drug-likeness (QED) is 0.907. The first-order chi connectivity index (χ1) is 9.17. The minimum absolute atomic E-state index is 0.109. The minimum Gasteiger partial charge on any atom is -0.493 e. The van der Waals surface area contributed by atoms with Crippen LogP contribution in [0, 0.1) is 0 Å². The van der Waals surface area contributed by atoms with Crippen LogP contribution < -0.4 is 5.56 Å². The van der Waals surface area contributed by atoms with Crippen LogP contribution in [0.2, 0.25) is 0 Å². The van der Waals surface area contributed by atoms with Gasteiger partial charge in [-0.2, -0.15) is 4.98 Å². The van der Waals surface area contributed by atoms with Crippen molar-refractivity contribution in [2.75, 3.05) is 0 Å². The Bertz CT molecular complexity index is 472. The van der Waals surface area contributed by atoms with Gasteiger partial charge < -0.3 is 5.11 Å². The maximum absolute atomic E-state index is 12.2. The number of aromatic nitrogens is 2. The minimum atomic E-state index is -0.132. The van der Waals surface area contributed by atoms with Gasteiger partial charge >= 0.3 is 0 Å². The van der Waals surface area contributed by atoms with Crippen molar-refractivity contribution in [3.8, 4) is 5.88 Å². The van der Waals surface area contributed by atoms with Gasteiger partial charge in [0.1, 0.15) is 5.82 Å². The molecule has 0 amide bonds. The van der Waals surface area contributed by atoms with Crippen molar-refractivity contribution >= 4 is 0 Å². The molecule has 1 heterocycles. The van der Waals surface area contributed by atoms with Crippen molar-refractivity contribution in [2.24, 2.45) is 0 Å². The van der Waals surface area contributed by atoms with E-state index >= 15 is 0 Å². The molecular weight excluding hydrogens is 240 g/mol. The van der Waals surface area contributed by atoms with Crippen molar-refractivity contribution in [1.29, 1.82) is 0 Å². The summed E-state index contributed by atoms with van der Waals surface area (Å²) in [5.41, 5.74) is -0.109. The Morgan fingerprint density at radius 3 is 2.53 bits per heavy atom. The summed E-state index contributed by atoms with van der Waals surface area (Å²) < 4.78 is 1.83. The molecule has 19 heavy (non-hydrogen) atoms. The van der Waals surface area contributed by atoms with Crippen molar-refractivity contribution in [3.63, 3.8) is 0 Å². The second-order valence-electron chi connectivity index (χ2n) is 5.49. The summed E-state index contributed by atoms with van der Waals surface area (Å²) in [4.78, 5) is 16.5. The smallest absolute Gasteiger partial charge is 0.257 e. The van der Waals surface area contributed by atoms with Crippen LogP contribution in [0.5, 0.6) is 5.88 Å². The van der Waals surface area contributed by atoms with E-state index in [1.54, 1.807) is 0 Å². The molecule has 1 aromatic heterocycles. The summed E-state index contributed by atoms with van der Waals surface area (Å²) in [6, 6.07) is 1.43. The summed E-state index contributed by atoms with van der Waals surface area (Å²) >= 11 is 0. The third-order valence-corrected chi connectivity index (χ3v) is 4.24. The predicted octanol–water partition coefficient (Wildman–Crippen LogP) is 3.36. The first-order valence-corrected chi connectivity index (χ1v) is 7.49. The highest BCUT2D eigenvalue weighted by Gasteiger charge is 2.24. The fraction of sp³-hybridized carbons (Fsp3) is 0.733. The fourth-order valence-corrected chi connectivity index (χ4v) is 3.17. The summed E-state index contributed by atoms with van der Waals surface area (Å²) in [6.45, 7) is 4.19. The van der Waals surface area contributed by atoms with E-state index in [0.29, 0.717) is 5.92 Å². The fourth-order valence-electron chi connectivity index (χ4n) is 3.17. The normalized spacial score (nSPS) is 17.0. The maximum atomic E-state index is 12.2. The Hall–Kier alpha value is -1.32. The van der Waals surface area contributed by atoms with Gasteiger partial charge in [-0.25, -0.2) is 0 Å². The molecule has 4 heteroatoms. The van der Waals surface area contributed by atoms with Gasteiger partial charge in [0.2, 0.25) is 5.88 Å². The first kappa shape index (κ1) is 14.1. The van der Waals surface area contributed by atoms with E-state index in [9.17, 15) is 9.90 Å². The lowest BCUT2D eigenvalue weighted by atomic mass is 9.88. The van der Waals surface area contributed by atoms with E-state index in [0.717, 1.165) is 31.5 Å². The molecule has 1 fully saturated rings. The molecule has 1 aliphatic carbocycles. The van der Waals surface area contributed by atoms with Crippen molar-refractivity contribution < 1.29 is 5.11 Å². The molecule has 4 nitrogen and oxygen atoms in total. The monoisotopic (exact) mass is 264 g/mol. The molecule has 1 N–H and O–H groups in total. The topological polar surface area (TPSA) is 55.1 Å². The molecule has 0 aliphatic heterocycles. The maximum Gasteiger partial charge on any atom is 0.257 e. The van der Waals surface area contributed by atoms with Gasteiger partial charge in [-0.3, -0.25) is 9.36 Å². The van der Waals surface area contributed by atoms with Crippen molar-refractivity contribution in [3.05, 3.63) is 22.2 Å². The first-order valence-electron chi connectivity index (χ1n) is 7.49. The van der Waals surface area contributed by atoms with Crippen molar-refractivity contribution in [1.82, 2.24) is 9.55 Å². The lowest BCUT2D eigenvalue weighted by Crippen LogP contribution is -2.30. The molecule has 1 aromatic rings. The highest BCUT2D eigenvalue weighted by Crippen LogP contribution is 2.33. The predicted molar refractivity (Wildman–Crippen MR) is 75.6 cm³/mol. The van der Waals surface area contributed by atoms with Crippen LogP contribution in [0.4, 0.5) is 0 Å². The zero-order chi connectivity index (χ0) is 13.8. The van der Waals surface area contributed by atoms with Crippen LogP contribution in [-0.2, 0) is 0 Å². The molecule has 106 valence electrons. The van der Waals surface area contributed by atoms with E-state index < -0.39 is 0 Å². The largest absolute Gasteiger partial charge is 0.493 e. The summed E-state index contributed by atoms with van der Waals surface area (Å²) in [5.74, 6) is 1.00. The lowest BCUT2D eigenvalue weighted by Gasteiger charge is -2.27. The molecule has 1 aliphatic rings. The Balaban J connectivity index is 2.47.